The Balaban J connectivity index is 1.96. The quantitative estimate of drug-likeness (QED) is 0.847. The number of benzene rings is 1. The van der Waals surface area contributed by atoms with Crippen molar-refractivity contribution in [3.63, 3.8) is 0 Å². The number of rotatable bonds is 4. The molecule has 4 nitrogen and oxygen atoms in total. The zero-order chi connectivity index (χ0) is 14.7. The minimum absolute atomic E-state index is 0.164. The van der Waals surface area contributed by atoms with E-state index in [0.717, 1.165) is 5.56 Å². The predicted molar refractivity (Wildman–Crippen MR) is 73.3 cm³/mol. The van der Waals surface area contributed by atoms with E-state index >= 15 is 0 Å². The molecule has 0 bridgehead atoms. The van der Waals surface area contributed by atoms with Gasteiger partial charge in [-0.2, -0.15) is 0 Å². The van der Waals surface area contributed by atoms with Gasteiger partial charge in [0.15, 0.2) is 0 Å². The molecular formula is C14H14BFN2O2. The van der Waals surface area contributed by atoms with Crippen LogP contribution in [0.2, 0.25) is 0 Å². The van der Waals surface area contributed by atoms with Crippen molar-refractivity contribution in [2.75, 3.05) is 0 Å². The third-order valence-electron chi connectivity index (χ3n) is 3.10. The molecule has 102 valence electrons. The first-order valence-electron chi connectivity index (χ1n) is 6.19. The summed E-state index contributed by atoms with van der Waals surface area (Å²) in [6, 6.07) is 4.10. The van der Waals surface area contributed by atoms with Crippen LogP contribution < -0.4 is 10.8 Å². The van der Waals surface area contributed by atoms with E-state index in [2.05, 4.69) is 10.5 Å². The van der Waals surface area contributed by atoms with Crippen LogP contribution in [0.15, 0.2) is 22.7 Å². The molecule has 0 aliphatic heterocycles. The summed E-state index contributed by atoms with van der Waals surface area (Å²) in [5.41, 5.74) is 2.50. The molecule has 20 heavy (non-hydrogen) atoms. The van der Waals surface area contributed by atoms with E-state index < -0.39 is 5.82 Å². The first-order valence-corrected chi connectivity index (χ1v) is 6.19. The Labute approximate surface area is 117 Å². The Morgan fingerprint density at radius 1 is 1.45 bits per heavy atom. The monoisotopic (exact) mass is 272 g/mol. The molecule has 1 heterocycles. The molecular weight excluding hydrogens is 258 g/mol. The number of nitrogens with zero attached hydrogens (tertiary/aromatic N) is 1. The largest absolute Gasteiger partial charge is 0.361 e. The van der Waals surface area contributed by atoms with Gasteiger partial charge in [0.25, 0.3) is 0 Å². The smallest absolute Gasteiger partial charge is 0.224 e. The standard InChI is InChI=1S/C14H14BFN2O2/c1-8-12(9(2)20-18-8)6-14(19)17-7-10-3-4-11(16)5-13(10)15/h3-5H,6-7H2,1-2H3,(H,17,19). The van der Waals surface area contributed by atoms with Crippen molar-refractivity contribution in [1.29, 1.82) is 0 Å². The van der Waals surface area contributed by atoms with Gasteiger partial charge in [0.1, 0.15) is 19.4 Å². The Bertz CT molecular complexity index is 621. The first kappa shape index (κ1) is 14.3. The van der Waals surface area contributed by atoms with Gasteiger partial charge in [-0.25, -0.2) is 4.39 Å². The van der Waals surface area contributed by atoms with E-state index in [9.17, 15) is 9.18 Å². The predicted octanol–water partition coefficient (Wildman–Crippen LogP) is 1.08. The minimum Gasteiger partial charge on any atom is -0.361 e. The second-order valence-electron chi connectivity index (χ2n) is 4.60. The van der Waals surface area contributed by atoms with E-state index in [1.54, 1.807) is 19.9 Å². The van der Waals surface area contributed by atoms with E-state index in [1.807, 2.05) is 0 Å². The lowest BCUT2D eigenvalue weighted by atomic mass is 9.90. The molecule has 2 aromatic rings. The number of carbonyl (C=O) groups excluding carboxylic acids is 1. The fourth-order valence-corrected chi connectivity index (χ4v) is 1.90. The summed E-state index contributed by atoms with van der Waals surface area (Å²) in [7, 11) is 5.68. The molecule has 0 atom stereocenters. The molecule has 1 aromatic carbocycles. The van der Waals surface area contributed by atoms with Crippen LogP contribution in [-0.4, -0.2) is 18.9 Å². The summed E-state index contributed by atoms with van der Waals surface area (Å²) in [4.78, 5) is 11.9. The van der Waals surface area contributed by atoms with Gasteiger partial charge in [-0.15, -0.1) is 0 Å². The molecule has 2 radical (unpaired) electrons. The fourth-order valence-electron chi connectivity index (χ4n) is 1.90. The highest BCUT2D eigenvalue weighted by Gasteiger charge is 2.13. The van der Waals surface area contributed by atoms with Crippen molar-refractivity contribution in [3.8, 4) is 0 Å². The zero-order valence-electron chi connectivity index (χ0n) is 11.4. The number of hydrogen-bond donors (Lipinski definition) is 1. The SMILES string of the molecule is [B]c1cc(F)ccc1CNC(=O)Cc1c(C)noc1C. The van der Waals surface area contributed by atoms with Crippen LogP contribution in [0.5, 0.6) is 0 Å². The molecule has 0 unspecified atom stereocenters. The molecule has 6 heteroatoms. The van der Waals surface area contributed by atoms with Gasteiger partial charge in [-0.3, -0.25) is 4.79 Å². The highest BCUT2D eigenvalue weighted by atomic mass is 19.1. The maximum absolute atomic E-state index is 12.9. The molecule has 0 aliphatic rings. The maximum atomic E-state index is 12.9. The van der Waals surface area contributed by atoms with Crippen molar-refractivity contribution < 1.29 is 13.7 Å². The van der Waals surface area contributed by atoms with Crippen LogP contribution in [0.1, 0.15) is 22.6 Å². The summed E-state index contributed by atoms with van der Waals surface area (Å²) in [5, 5.41) is 6.54. The van der Waals surface area contributed by atoms with Gasteiger partial charge >= 0.3 is 0 Å². The highest BCUT2D eigenvalue weighted by Crippen LogP contribution is 2.12. The first-order chi connectivity index (χ1) is 9.47. The van der Waals surface area contributed by atoms with Gasteiger partial charge < -0.3 is 9.84 Å². The van der Waals surface area contributed by atoms with Crippen molar-refractivity contribution in [3.05, 3.63) is 46.6 Å². The zero-order valence-corrected chi connectivity index (χ0v) is 11.4. The van der Waals surface area contributed by atoms with Gasteiger partial charge in [0, 0.05) is 12.1 Å². The number of aryl methyl sites for hydroxylation is 2. The fraction of sp³-hybridized carbons (Fsp3) is 0.286. The van der Waals surface area contributed by atoms with Crippen molar-refractivity contribution in [1.82, 2.24) is 10.5 Å². The van der Waals surface area contributed by atoms with Crippen molar-refractivity contribution >= 4 is 19.2 Å². The summed E-state index contributed by atoms with van der Waals surface area (Å²) in [6.07, 6.45) is 0.197. The Kier molecular flexibility index (Phi) is 4.22. The number of amides is 1. The van der Waals surface area contributed by atoms with Crippen molar-refractivity contribution in [2.45, 2.75) is 26.8 Å². The summed E-state index contributed by atoms with van der Waals surface area (Å²) in [6.45, 7) is 3.81. The normalized spacial score (nSPS) is 10.6. The van der Waals surface area contributed by atoms with Gasteiger partial charge in [0.2, 0.25) is 5.91 Å². The van der Waals surface area contributed by atoms with Gasteiger partial charge in [0.05, 0.1) is 12.1 Å². The number of nitrogens with one attached hydrogen (secondary N) is 1. The van der Waals surface area contributed by atoms with Gasteiger partial charge in [-0.1, -0.05) is 16.7 Å². The minimum atomic E-state index is -0.395. The summed E-state index contributed by atoms with van der Waals surface area (Å²) < 4.78 is 17.9. The molecule has 0 fully saturated rings. The van der Waals surface area contributed by atoms with Crippen LogP contribution in [-0.2, 0) is 17.8 Å². The molecule has 0 saturated heterocycles. The van der Waals surface area contributed by atoms with Gasteiger partial charge in [-0.05, 0) is 31.5 Å². The highest BCUT2D eigenvalue weighted by molar-refractivity contribution is 6.33. The number of hydrogen-bond acceptors (Lipinski definition) is 3. The van der Waals surface area contributed by atoms with Crippen LogP contribution >= 0.6 is 0 Å². The van der Waals surface area contributed by atoms with E-state index in [-0.39, 0.29) is 18.9 Å². The van der Waals surface area contributed by atoms with Crippen LogP contribution in [0.3, 0.4) is 0 Å². The number of aromatic nitrogens is 1. The second-order valence-corrected chi connectivity index (χ2v) is 4.60. The third kappa shape index (κ3) is 3.26. The average molecular weight is 272 g/mol. The third-order valence-corrected chi connectivity index (χ3v) is 3.10. The molecule has 0 saturated carbocycles. The molecule has 0 aliphatic carbocycles. The van der Waals surface area contributed by atoms with Crippen LogP contribution in [0.25, 0.3) is 0 Å². The Hall–Kier alpha value is -2.11. The lowest BCUT2D eigenvalue weighted by Gasteiger charge is -2.08. The molecule has 1 aromatic heterocycles. The number of carbonyl (C=O) groups is 1. The molecule has 1 N–H and O–H groups in total. The van der Waals surface area contributed by atoms with E-state index in [1.165, 1.54) is 12.1 Å². The second kappa shape index (κ2) is 5.90. The van der Waals surface area contributed by atoms with Crippen LogP contribution in [0.4, 0.5) is 4.39 Å². The molecule has 0 spiro atoms. The molecule has 1 amide bonds. The number of halogens is 1. The Morgan fingerprint density at radius 3 is 2.80 bits per heavy atom. The lowest BCUT2D eigenvalue weighted by Crippen LogP contribution is -2.27. The summed E-state index contributed by atoms with van der Waals surface area (Å²) >= 11 is 0. The van der Waals surface area contributed by atoms with Crippen LogP contribution in [0, 0.1) is 19.7 Å². The van der Waals surface area contributed by atoms with E-state index in [0.29, 0.717) is 22.5 Å². The Morgan fingerprint density at radius 2 is 2.20 bits per heavy atom. The average Bonchev–Trinajstić information content (AvgIpc) is 2.69. The topological polar surface area (TPSA) is 55.1 Å². The molecule has 2 rings (SSSR count). The summed E-state index contributed by atoms with van der Waals surface area (Å²) in [5.74, 6) is 0.0790. The maximum Gasteiger partial charge on any atom is 0.224 e. The van der Waals surface area contributed by atoms with E-state index in [4.69, 9.17) is 12.4 Å². The lowest BCUT2D eigenvalue weighted by molar-refractivity contribution is -0.120. The van der Waals surface area contributed by atoms with Crippen molar-refractivity contribution in [2.24, 2.45) is 0 Å².